The highest BCUT2D eigenvalue weighted by Gasteiger charge is 2.26. The van der Waals surface area contributed by atoms with E-state index in [-0.39, 0.29) is 34.0 Å². The fourth-order valence-corrected chi connectivity index (χ4v) is 3.30. The number of fused-ring (bicyclic) bond motifs is 1. The highest BCUT2D eigenvalue weighted by atomic mass is 19.3. The van der Waals surface area contributed by atoms with Crippen molar-refractivity contribution in [3.63, 3.8) is 0 Å². The van der Waals surface area contributed by atoms with E-state index < -0.39 is 17.6 Å². The summed E-state index contributed by atoms with van der Waals surface area (Å²) in [5.74, 6) is -3.71. The largest absolute Gasteiger partial charge is 0.481 e. The van der Waals surface area contributed by atoms with E-state index in [1.165, 1.54) is 13.4 Å². The van der Waals surface area contributed by atoms with Gasteiger partial charge in [-0.1, -0.05) is 12.1 Å². The van der Waals surface area contributed by atoms with Gasteiger partial charge in [0.1, 0.15) is 35.0 Å². The summed E-state index contributed by atoms with van der Waals surface area (Å²) in [6, 6.07) is 11.3. The van der Waals surface area contributed by atoms with Gasteiger partial charge in [-0.05, 0) is 36.2 Å². The van der Waals surface area contributed by atoms with Crippen LogP contribution in [0.4, 0.5) is 23.4 Å². The molecule has 4 aromatic rings. The van der Waals surface area contributed by atoms with E-state index in [1.54, 1.807) is 24.3 Å². The second-order valence-corrected chi connectivity index (χ2v) is 7.52. The number of nitrogens with one attached hydrogen (secondary N) is 1. The molecule has 0 fully saturated rings. The van der Waals surface area contributed by atoms with Gasteiger partial charge < -0.3 is 14.8 Å². The number of alkyl halides is 2. The first-order chi connectivity index (χ1) is 16.2. The van der Waals surface area contributed by atoms with Crippen molar-refractivity contribution in [3.8, 4) is 17.5 Å². The first-order valence-corrected chi connectivity index (χ1v) is 10.3. The number of rotatable bonds is 8. The Balaban J connectivity index is 1.42. The number of pyridine rings is 1. The maximum atomic E-state index is 14.2. The Morgan fingerprint density at radius 1 is 0.941 bits per heavy atom. The minimum absolute atomic E-state index is 0.00550. The maximum Gasteiger partial charge on any atom is 0.270 e. The molecule has 0 atom stereocenters. The quantitative estimate of drug-likeness (QED) is 0.324. The van der Waals surface area contributed by atoms with Crippen molar-refractivity contribution in [2.75, 3.05) is 19.0 Å². The fourth-order valence-electron chi connectivity index (χ4n) is 3.30. The molecule has 176 valence electrons. The molecule has 2 aromatic carbocycles. The van der Waals surface area contributed by atoms with E-state index in [1.807, 2.05) is 0 Å². The third-order valence-electron chi connectivity index (χ3n) is 5.03. The summed E-state index contributed by atoms with van der Waals surface area (Å²) < 4.78 is 66.1. The van der Waals surface area contributed by atoms with Crippen LogP contribution in [0.25, 0.3) is 10.9 Å². The van der Waals surface area contributed by atoms with Gasteiger partial charge in [-0.15, -0.1) is 0 Å². The lowest BCUT2D eigenvalue weighted by Crippen LogP contribution is -2.08. The van der Waals surface area contributed by atoms with Crippen molar-refractivity contribution in [3.05, 3.63) is 77.6 Å². The van der Waals surface area contributed by atoms with Crippen LogP contribution in [0.1, 0.15) is 18.1 Å². The predicted molar refractivity (Wildman–Crippen MR) is 119 cm³/mol. The fraction of sp³-hybridized carbons (Fsp3) is 0.208. The van der Waals surface area contributed by atoms with Crippen LogP contribution in [-0.4, -0.2) is 28.6 Å². The van der Waals surface area contributed by atoms with Crippen LogP contribution >= 0.6 is 0 Å². The summed E-state index contributed by atoms with van der Waals surface area (Å²) in [7, 11) is 1.34. The lowest BCUT2D eigenvalue weighted by Gasteiger charge is -2.14. The van der Waals surface area contributed by atoms with Gasteiger partial charge >= 0.3 is 0 Å². The van der Waals surface area contributed by atoms with Crippen LogP contribution in [0.2, 0.25) is 0 Å². The van der Waals surface area contributed by atoms with Crippen molar-refractivity contribution < 1.29 is 27.0 Å². The monoisotopic (exact) mass is 472 g/mol. The van der Waals surface area contributed by atoms with E-state index in [2.05, 4.69) is 20.3 Å². The Morgan fingerprint density at radius 3 is 2.35 bits per heavy atom. The molecule has 0 aliphatic heterocycles. The number of halogens is 4. The molecule has 34 heavy (non-hydrogen) atoms. The molecular weight excluding hydrogens is 452 g/mol. The molecular formula is C24H20F4N4O2. The van der Waals surface area contributed by atoms with E-state index in [0.717, 1.165) is 36.8 Å². The second-order valence-electron chi connectivity index (χ2n) is 7.52. The number of anilines is 1. The highest BCUT2D eigenvalue weighted by Crippen LogP contribution is 2.33. The first-order valence-electron chi connectivity index (χ1n) is 10.3. The zero-order valence-corrected chi connectivity index (χ0v) is 18.3. The number of methoxy groups -OCH3 is 1. The summed E-state index contributed by atoms with van der Waals surface area (Å²) >= 11 is 0. The summed E-state index contributed by atoms with van der Waals surface area (Å²) in [6.45, 7) is 1.18. The van der Waals surface area contributed by atoms with Crippen LogP contribution < -0.4 is 14.8 Å². The molecule has 0 spiro atoms. The Kier molecular flexibility index (Phi) is 6.49. The smallest absolute Gasteiger partial charge is 0.270 e. The molecule has 0 unspecified atom stereocenters. The topological polar surface area (TPSA) is 69.2 Å². The van der Waals surface area contributed by atoms with Gasteiger partial charge in [0.15, 0.2) is 0 Å². The van der Waals surface area contributed by atoms with Crippen molar-refractivity contribution in [2.45, 2.75) is 19.3 Å². The second kappa shape index (κ2) is 9.50. The zero-order chi connectivity index (χ0) is 24.3. The standard InChI is InChI=1S/C24H20F4N4O2/c1-24(27,28)15-11-19(33-2)32-20(12-15)34-16-5-3-14(4-6-16)9-10-29-23-21-17(25)7-8-18(26)22(21)30-13-31-23/h3-8,11-13H,9-10H2,1-2H3,(H,29,30,31). The molecule has 0 saturated carbocycles. The van der Waals surface area contributed by atoms with Crippen molar-refractivity contribution in [1.82, 2.24) is 15.0 Å². The molecule has 0 radical (unpaired) electrons. The van der Waals surface area contributed by atoms with Gasteiger partial charge in [-0.3, -0.25) is 0 Å². The van der Waals surface area contributed by atoms with Crippen molar-refractivity contribution >= 4 is 16.7 Å². The third-order valence-corrected chi connectivity index (χ3v) is 5.03. The molecule has 10 heteroatoms. The average Bonchev–Trinajstić information content (AvgIpc) is 2.82. The van der Waals surface area contributed by atoms with Gasteiger partial charge in [-0.2, -0.15) is 4.98 Å². The zero-order valence-electron chi connectivity index (χ0n) is 18.3. The lowest BCUT2D eigenvalue weighted by molar-refractivity contribution is 0.0169. The summed E-state index contributed by atoms with van der Waals surface area (Å²) in [5, 5.41) is 3.00. The lowest BCUT2D eigenvalue weighted by atomic mass is 10.1. The number of hydrogen-bond donors (Lipinski definition) is 1. The highest BCUT2D eigenvalue weighted by molar-refractivity contribution is 5.89. The molecule has 2 aromatic heterocycles. The molecule has 1 N–H and O–H groups in total. The van der Waals surface area contributed by atoms with Crippen molar-refractivity contribution in [1.29, 1.82) is 0 Å². The summed E-state index contributed by atoms with van der Waals surface area (Å²) in [4.78, 5) is 11.9. The Labute approximate surface area is 192 Å². The van der Waals surface area contributed by atoms with Gasteiger partial charge in [0.25, 0.3) is 5.92 Å². The van der Waals surface area contributed by atoms with Gasteiger partial charge in [0.05, 0.1) is 12.5 Å². The van der Waals surface area contributed by atoms with Gasteiger partial charge in [0.2, 0.25) is 11.8 Å². The maximum absolute atomic E-state index is 14.2. The Bertz CT molecular complexity index is 1310. The number of nitrogens with zero attached hydrogens (tertiary/aromatic N) is 3. The average molecular weight is 472 g/mol. The minimum atomic E-state index is -3.07. The Morgan fingerprint density at radius 2 is 1.65 bits per heavy atom. The summed E-state index contributed by atoms with van der Waals surface area (Å²) in [5.41, 5.74) is 0.559. The normalized spacial score (nSPS) is 11.5. The van der Waals surface area contributed by atoms with Crippen LogP contribution in [0.5, 0.6) is 17.5 Å². The summed E-state index contributed by atoms with van der Waals surface area (Å²) in [6.07, 6.45) is 1.72. The van der Waals surface area contributed by atoms with Gasteiger partial charge in [0, 0.05) is 31.2 Å². The van der Waals surface area contributed by atoms with E-state index in [4.69, 9.17) is 9.47 Å². The third kappa shape index (κ3) is 5.16. The van der Waals surface area contributed by atoms with E-state index in [9.17, 15) is 17.6 Å². The first kappa shape index (κ1) is 23.2. The van der Waals surface area contributed by atoms with Crippen LogP contribution in [0.15, 0.2) is 54.9 Å². The van der Waals surface area contributed by atoms with Crippen LogP contribution in [0, 0.1) is 11.6 Å². The van der Waals surface area contributed by atoms with Crippen LogP contribution in [-0.2, 0) is 12.3 Å². The van der Waals surface area contributed by atoms with E-state index in [0.29, 0.717) is 18.7 Å². The molecule has 0 aliphatic carbocycles. The molecule has 0 bridgehead atoms. The molecule has 0 amide bonds. The number of hydrogen-bond acceptors (Lipinski definition) is 6. The SMILES string of the molecule is COc1cc(C(C)(F)F)cc(Oc2ccc(CCNc3ncnc4c(F)ccc(F)c34)cc2)n1. The number of ether oxygens (including phenoxy) is 2. The van der Waals surface area contributed by atoms with Crippen LogP contribution in [0.3, 0.4) is 0 Å². The van der Waals surface area contributed by atoms with E-state index >= 15 is 0 Å². The van der Waals surface area contributed by atoms with Crippen molar-refractivity contribution in [2.24, 2.45) is 0 Å². The minimum Gasteiger partial charge on any atom is -0.481 e. The Hall–Kier alpha value is -3.95. The molecule has 0 aliphatic rings. The molecule has 6 nitrogen and oxygen atoms in total. The molecule has 2 heterocycles. The molecule has 4 rings (SSSR count). The predicted octanol–water partition coefficient (Wildman–Crippen LogP) is 5.87. The number of aromatic nitrogens is 3. The molecule has 0 saturated heterocycles. The number of benzene rings is 2. The van der Waals surface area contributed by atoms with Gasteiger partial charge in [-0.25, -0.2) is 27.5 Å².